The quantitative estimate of drug-likeness (QED) is 0.614. The minimum absolute atomic E-state index is 0.204. The Morgan fingerprint density at radius 2 is 1.81 bits per heavy atom. The maximum absolute atomic E-state index is 12.2. The standard InChI is InChI=1S/C20H23N3O3/c1-14-9-8-12-17(18(14)19(23-25-4)20(24)21-3)13-26-22-15(2)16-10-6-5-7-11-16/h5-12H,13H2,1-4H3,(H,21,24)/b22-15-,23-19-. The Bertz CT molecular complexity index is 814. The lowest BCUT2D eigenvalue weighted by molar-refractivity contribution is -0.114. The molecule has 0 bridgehead atoms. The van der Waals surface area contributed by atoms with Crippen LogP contribution < -0.4 is 5.32 Å². The number of aryl methyl sites for hydroxylation is 1. The summed E-state index contributed by atoms with van der Waals surface area (Å²) in [5.74, 6) is -0.327. The third kappa shape index (κ3) is 4.69. The predicted octanol–water partition coefficient (Wildman–Crippen LogP) is 3.03. The van der Waals surface area contributed by atoms with Crippen LogP contribution in [0.5, 0.6) is 0 Å². The fraction of sp³-hybridized carbons (Fsp3) is 0.250. The first-order valence-electron chi connectivity index (χ1n) is 8.22. The highest BCUT2D eigenvalue weighted by atomic mass is 16.6. The first kappa shape index (κ1) is 19.2. The van der Waals surface area contributed by atoms with Crippen molar-refractivity contribution in [1.29, 1.82) is 0 Å². The zero-order valence-corrected chi connectivity index (χ0v) is 15.4. The van der Waals surface area contributed by atoms with Crippen molar-refractivity contribution in [3.63, 3.8) is 0 Å². The monoisotopic (exact) mass is 353 g/mol. The molecule has 0 aliphatic rings. The highest BCUT2D eigenvalue weighted by Crippen LogP contribution is 2.18. The van der Waals surface area contributed by atoms with Crippen molar-refractivity contribution >= 4 is 17.3 Å². The van der Waals surface area contributed by atoms with E-state index in [1.165, 1.54) is 7.11 Å². The second-order valence-electron chi connectivity index (χ2n) is 5.63. The second kappa shape index (κ2) is 9.36. The largest absolute Gasteiger partial charge is 0.398 e. The SMILES string of the molecule is CNC(=O)/C(=N\OC)c1c(C)cccc1CO/N=C(/C)c1ccccc1. The van der Waals surface area contributed by atoms with E-state index in [-0.39, 0.29) is 18.2 Å². The van der Waals surface area contributed by atoms with Gasteiger partial charge in [-0.1, -0.05) is 58.8 Å². The van der Waals surface area contributed by atoms with Gasteiger partial charge in [0.15, 0.2) is 5.71 Å². The number of amides is 1. The first-order valence-corrected chi connectivity index (χ1v) is 8.22. The molecule has 0 unspecified atom stereocenters. The predicted molar refractivity (Wildman–Crippen MR) is 102 cm³/mol. The lowest BCUT2D eigenvalue weighted by Gasteiger charge is -2.13. The minimum Gasteiger partial charge on any atom is -0.398 e. The Balaban J connectivity index is 2.26. The third-order valence-electron chi connectivity index (χ3n) is 3.83. The molecule has 0 aliphatic heterocycles. The van der Waals surface area contributed by atoms with Crippen LogP contribution in [0.2, 0.25) is 0 Å². The fourth-order valence-electron chi connectivity index (χ4n) is 2.53. The molecule has 6 heteroatoms. The normalized spacial score (nSPS) is 11.8. The summed E-state index contributed by atoms with van der Waals surface area (Å²) in [7, 11) is 2.96. The van der Waals surface area contributed by atoms with Gasteiger partial charge in [0.05, 0.1) is 5.71 Å². The van der Waals surface area contributed by atoms with Crippen molar-refractivity contribution in [2.45, 2.75) is 20.5 Å². The zero-order chi connectivity index (χ0) is 18.9. The van der Waals surface area contributed by atoms with Gasteiger partial charge in [-0.15, -0.1) is 0 Å². The number of hydrogen-bond donors (Lipinski definition) is 1. The Morgan fingerprint density at radius 3 is 2.46 bits per heavy atom. The third-order valence-corrected chi connectivity index (χ3v) is 3.83. The van der Waals surface area contributed by atoms with Crippen LogP contribution in [0, 0.1) is 6.92 Å². The summed E-state index contributed by atoms with van der Waals surface area (Å²) in [6, 6.07) is 15.5. The highest BCUT2D eigenvalue weighted by molar-refractivity contribution is 6.45. The molecule has 2 rings (SSSR count). The molecule has 0 saturated heterocycles. The molecule has 0 saturated carbocycles. The van der Waals surface area contributed by atoms with Crippen molar-refractivity contribution in [3.8, 4) is 0 Å². The van der Waals surface area contributed by atoms with E-state index in [2.05, 4.69) is 15.6 Å². The number of carbonyl (C=O) groups excluding carboxylic acids is 1. The van der Waals surface area contributed by atoms with Crippen molar-refractivity contribution in [2.24, 2.45) is 10.3 Å². The molecule has 2 aromatic rings. The molecule has 0 radical (unpaired) electrons. The highest BCUT2D eigenvalue weighted by Gasteiger charge is 2.20. The summed E-state index contributed by atoms with van der Waals surface area (Å²) in [6.07, 6.45) is 0. The second-order valence-corrected chi connectivity index (χ2v) is 5.63. The van der Waals surface area contributed by atoms with E-state index in [4.69, 9.17) is 9.68 Å². The van der Waals surface area contributed by atoms with Gasteiger partial charge in [-0.3, -0.25) is 4.79 Å². The molecule has 2 aromatic carbocycles. The van der Waals surface area contributed by atoms with E-state index in [1.54, 1.807) is 7.05 Å². The molecule has 0 fully saturated rings. The molecular formula is C20H23N3O3. The van der Waals surface area contributed by atoms with E-state index in [0.29, 0.717) is 5.56 Å². The smallest absolute Gasteiger partial charge is 0.273 e. The molecule has 6 nitrogen and oxygen atoms in total. The van der Waals surface area contributed by atoms with E-state index in [9.17, 15) is 4.79 Å². The lowest BCUT2D eigenvalue weighted by Crippen LogP contribution is -2.30. The number of likely N-dealkylation sites (N-methyl/N-ethyl adjacent to an activating group) is 1. The molecule has 136 valence electrons. The molecule has 1 N–H and O–H groups in total. The molecular weight excluding hydrogens is 330 g/mol. The van der Waals surface area contributed by atoms with Crippen LogP contribution in [-0.2, 0) is 21.1 Å². The number of oxime groups is 2. The Hall–Kier alpha value is -3.15. The summed E-state index contributed by atoms with van der Waals surface area (Å²) in [4.78, 5) is 22.6. The molecule has 0 spiro atoms. The fourth-order valence-corrected chi connectivity index (χ4v) is 2.53. The van der Waals surface area contributed by atoms with Crippen LogP contribution in [0.3, 0.4) is 0 Å². The van der Waals surface area contributed by atoms with Gasteiger partial charge in [0.25, 0.3) is 5.91 Å². The van der Waals surface area contributed by atoms with Crippen LogP contribution in [0.1, 0.15) is 29.2 Å². The van der Waals surface area contributed by atoms with Crippen molar-refractivity contribution in [1.82, 2.24) is 5.32 Å². The van der Waals surface area contributed by atoms with Crippen LogP contribution in [0.15, 0.2) is 58.8 Å². The topological polar surface area (TPSA) is 72.3 Å². The number of nitrogens with zero attached hydrogens (tertiary/aromatic N) is 2. The van der Waals surface area contributed by atoms with E-state index < -0.39 is 0 Å². The summed E-state index contributed by atoms with van der Waals surface area (Å²) >= 11 is 0. The number of hydrogen-bond acceptors (Lipinski definition) is 5. The maximum Gasteiger partial charge on any atom is 0.273 e. The van der Waals surface area contributed by atoms with Crippen LogP contribution in [0.25, 0.3) is 0 Å². The molecule has 1 amide bonds. The van der Waals surface area contributed by atoms with Crippen molar-refractivity contribution in [3.05, 3.63) is 70.8 Å². The lowest BCUT2D eigenvalue weighted by atomic mass is 9.97. The number of nitrogens with one attached hydrogen (secondary N) is 1. The van der Waals surface area contributed by atoms with Crippen molar-refractivity contribution in [2.75, 3.05) is 14.2 Å². The van der Waals surface area contributed by atoms with Gasteiger partial charge in [0, 0.05) is 18.2 Å². The Labute approximate surface area is 153 Å². The van der Waals surface area contributed by atoms with Gasteiger partial charge in [-0.25, -0.2) is 0 Å². The zero-order valence-electron chi connectivity index (χ0n) is 15.4. The van der Waals surface area contributed by atoms with Gasteiger partial charge in [-0.2, -0.15) is 0 Å². The van der Waals surface area contributed by atoms with Gasteiger partial charge >= 0.3 is 0 Å². The number of rotatable bonds is 7. The summed E-state index contributed by atoms with van der Waals surface area (Å²) < 4.78 is 0. The van der Waals surface area contributed by atoms with Crippen LogP contribution in [0.4, 0.5) is 0 Å². The van der Waals surface area contributed by atoms with E-state index >= 15 is 0 Å². The first-order chi connectivity index (χ1) is 12.6. The van der Waals surface area contributed by atoms with Gasteiger partial charge in [0.1, 0.15) is 13.7 Å². The maximum atomic E-state index is 12.2. The average Bonchev–Trinajstić information content (AvgIpc) is 2.67. The Kier molecular flexibility index (Phi) is 6.91. The Morgan fingerprint density at radius 1 is 1.08 bits per heavy atom. The summed E-state index contributed by atoms with van der Waals surface area (Å²) in [5.41, 5.74) is 4.35. The van der Waals surface area contributed by atoms with E-state index in [0.717, 1.165) is 22.4 Å². The van der Waals surface area contributed by atoms with E-state index in [1.807, 2.05) is 62.4 Å². The summed E-state index contributed by atoms with van der Waals surface area (Å²) in [6.45, 7) is 4.00. The van der Waals surface area contributed by atoms with Gasteiger partial charge in [0.2, 0.25) is 0 Å². The number of benzene rings is 2. The minimum atomic E-state index is -0.327. The van der Waals surface area contributed by atoms with Crippen LogP contribution in [-0.4, -0.2) is 31.5 Å². The molecule has 0 aliphatic carbocycles. The molecule has 0 atom stereocenters. The molecule has 0 heterocycles. The summed E-state index contributed by atoms with van der Waals surface area (Å²) in [5, 5.41) is 10.6. The number of carbonyl (C=O) groups is 1. The van der Waals surface area contributed by atoms with Gasteiger partial charge in [-0.05, 0) is 25.0 Å². The van der Waals surface area contributed by atoms with Crippen molar-refractivity contribution < 1.29 is 14.5 Å². The average molecular weight is 353 g/mol. The molecule has 26 heavy (non-hydrogen) atoms. The van der Waals surface area contributed by atoms with Crippen LogP contribution >= 0.6 is 0 Å². The van der Waals surface area contributed by atoms with Gasteiger partial charge < -0.3 is 15.0 Å². The molecule has 0 aromatic heterocycles.